The van der Waals surface area contributed by atoms with Crippen LogP contribution in [0.15, 0.2) is 41.3 Å². The fourth-order valence-corrected chi connectivity index (χ4v) is 4.81. The number of methoxy groups -OCH3 is 1. The predicted molar refractivity (Wildman–Crippen MR) is 122 cm³/mol. The number of carbonyl (C=O) groups excluding carboxylic acids is 2. The van der Waals surface area contributed by atoms with Crippen LogP contribution >= 0.6 is 11.6 Å². The molecule has 1 aromatic heterocycles. The predicted octanol–water partition coefficient (Wildman–Crippen LogP) is 3.22. The Morgan fingerprint density at radius 2 is 1.61 bits per heavy atom. The molecule has 0 unspecified atom stereocenters. The number of nitrogens with zero attached hydrogens (tertiary/aromatic N) is 3. The van der Waals surface area contributed by atoms with E-state index >= 15 is 0 Å². The monoisotopic (exact) mass is 495 g/mol. The SMILES string of the molecule is COc1nc(C(=O)c2ccc(S(=O)(=O)N3CCN(C(=O)OC(C)(C)C)CC3)cc2)ccc1Cl. The molecule has 0 aliphatic carbocycles. The highest BCUT2D eigenvalue weighted by Crippen LogP contribution is 2.24. The molecule has 2 heterocycles. The quantitative estimate of drug-likeness (QED) is 0.586. The topological polar surface area (TPSA) is 106 Å². The summed E-state index contributed by atoms with van der Waals surface area (Å²) in [6.45, 7) is 6.09. The first kappa shape index (κ1) is 24.9. The van der Waals surface area contributed by atoms with Gasteiger partial charge in [-0.3, -0.25) is 4.79 Å². The van der Waals surface area contributed by atoms with Crippen molar-refractivity contribution in [3.05, 3.63) is 52.7 Å². The van der Waals surface area contributed by atoms with Crippen LogP contribution in [0.4, 0.5) is 4.79 Å². The van der Waals surface area contributed by atoms with Gasteiger partial charge in [0.1, 0.15) is 16.3 Å². The smallest absolute Gasteiger partial charge is 0.410 e. The van der Waals surface area contributed by atoms with E-state index in [0.717, 1.165) is 0 Å². The number of pyridine rings is 1. The van der Waals surface area contributed by atoms with Gasteiger partial charge in [0.05, 0.1) is 12.0 Å². The summed E-state index contributed by atoms with van der Waals surface area (Å²) in [6, 6.07) is 8.63. The number of halogens is 1. The lowest BCUT2D eigenvalue weighted by molar-refractivity contribution is 0.0192. The van der Waals surface area contributed by atoms with Crippen LogP contribution in [0, 0.1) is 0 Å². The molecule has 11 heteroatoms. The van der Waals surface area contributed by atoms with Crippen LogP contribution in [0.5, 0.6) is 5.88 Å². The zero-order valence-corrected chi connectivity index (χ0v) is 20.4. The Bertz CT molecular complexity index is 1140. The maximum Gasteiger partial charge on any atom is 0.410 e. The van der Waals surface area contributed by atoms with Crippen LogP contribution in [-0.4, -0.2) is 73.4 Å². The highest BCUT2D eigenvalue weighted by atomic mass is 35.5. The Balaban J connectivity index is 1.69. The van der Waals surface area contributed by atoms with Crippen LogP contribution in [-0.2, 0) is 14.8 Å². The normalized spacial score (nSPS) is 15.2. The third kappa shape index (κ3) is 5.82. The summed E-state index contributed by atoms with van der Waals surface area (Å²) in [5, 5.41) is 0.280. The molecule has 0 bridgehead atoms. The highest BCUT2D eigenvalue weighted by Gasteiger charge is 2.32. The van der Waals surface area contributed by atoms with Gasteiger partial charge < -0.3 is 14.4 Å². The molecule has 1 saturated heterocycles. The number of sulfonamides is 1. The minimum Gasteiger partial charge on any atom is -0.480 e. The standard InChI is InChI=1S/C22H26ClN3O6S/c1-22(2,3)32-21(28)25-11-13-26(14-12-25)33(29,30)16-7-5-15(6-8-16)19(27)18-10-9-17(23)20(24-18)31-4/h5-10H,11-14H2,1-4H3. The number of rotatable bonds is 5. The molecule has 3 rings (SSSR count). The first-order valence-electron chi connectivity index (χ1n) is 10.3. The van der Waals surface area contributed by atoms with Crippen molar-refractivity contribution >= 4 is 33.5 Å². The second-order valence-electron chi connectivity index (χ2n) is 8.41. The molecule has 1 aliphatic rings. The molecule has 1 aliphatic heterocycles. The van der Waals surface area contributed by atoms with E-state index in [0.29, 0.717) is 0 Å². The van der Waals surface area contributed by atoms with Gasteiger partial charge in [0, 0.05) is 31.7 Å². The summed E-state index contributed by atoms with van der Waals surface area (Å²) < 4.78 is 37.7. The van der Waals surface area contributed by atoms with Crippen molar-refractivity contribution < 1.29 is 27.5 Å². The molecule has 2 aromatic rings. The first-order chi connectivity index (χ1) is 15.4. The van der Waals surface area contributed by atoms with Gasteiger partial charge >= 0.3 is 6.09 Å². The molecule has 0 radical (unpaired) electrons. The Hall–Kier alpha value is -2.69. The fraction of sp³-hybridized carbons (Fsp3) is 0.409. The molecule has 1 amide bonds. The van der Waals surface area contributed by atoms with E-state index in [2.05, 4.69) is 4.98 Å². The third-order valence-electron chi connectivity index (χ3n) is 4.88. The van der Waals surface area contributed by atoms with Crippen molar-refractivity contribution in [3.63, 3.8) is 0 Å². The lowest BCUT2D eigenvalue weighted by atomic mass is 10.1. The van der Waals surface area contributed by atoms with E-state index in [1.807, 2.05) is 0 Å². The number of ketones is 1. The minimum atomic E-state index is -3.78. The number of benzene rings is 1. The van der Waals surface area contributed by atoms with Gasteiger partial charge in [-0.2, -0.15) is 4.31 Å². The largest absolute Gasteiger partial charge is 0.480 e. The summed E-state index contributed by atoms with van der Waals surface area (Å²) in [5.74, 6) is -0.257. The summed E-state index contributed by atoms with van der Waals surface area (Å²) in [5.41, 5.74) is -0.211. The lowest BCUT2D eigenvalue weighted by Gasteiger charge is -2.34. The second-order valence-corrected chi connectivity index (χ2v) is 10.8. The second kappa shape index (κ2) is 9.66. The van der Waals surface area contributed by atoms with Gasteiger partial charge in [0.2, 0.25) is 21.7 Å². The van der Waals surface area contributed by atoms with Crippen molar-refractivity contribution in [1.82, 2.24) is 14.2 Å². The summed E-state index contributed by atoms with van der Waals surface area (Å²) in [6.07, 6.45) is -0.463. The molecule has 0 spiro atoms. The number of ether oxygens (including phenoxy) is 2. The highest BCUT2D eigenvalue weighted by molar-refractivity contribution is 7.89. The molecule has 1 fully saturated rings. The molecular weight excluding hydrogens is 470 g/mol. The Labute approximate surface area is 198 Å². The van der Waals surface area contributed by atoms with E-state index in [1.54, 1.807) is 20.8 Å². The first-order valence-corrected chi connectivity index (χ1v) is 12.1. The molecule has 178 valence electrons. The van der Waals surface area contributed by atoms with Crippen LogP contribution in [0.2, 0.25) is 5.02 Å². The van der Waals surface area contributed by atoms with Crippen molar-refractivity contribution in [2.45, 2.75) is 31.3 Å². The average molecular weight is 496 g/mol. The summed E-state index contributed by atoms with van der Waals surface area (Å²) >= 11 is 5.95. The van der Waals surface area contributed by atoms with Crippen molar-refractivity contribution in [1.29, 1.82) is 0 Å². The van der Waals surface area contributed by atoms with Crippen LogP contribution < -0.4 is 4.74 Å². The zero-order chi connectivity index (χ0) is 24.4. The van der Waals surface area contributed by atoms with Gasteiger partial charge in [0.15, 0.2) is 0 Å². The lowest BCUT2D eigenvalue weighted by Crippen LogP contribution is -2.51. The van der Waals surface area contributed by atoms with Gasteiger partial charge in [-0.05, 0) is 57.2 Å². The van der Waals surface area contributed by atoms with Gasteiger partial charge in [-0.1, -0.05) is 11.6 Å². The molecule has 1 aromatic carbocycles. The van der Waals surface area contributed by atoms with E-state index < -0.39 is 21.7 Å². The van der Waals surface area contributed by atoms with Crippen molar-refractivity contribution in [2.75, 3.05) is 33.3 Å². The Morgan fingerprint density at radius 1 is 1.00 bits per heavy atom. The van der Waals surface area contributed by atoms with E-state index in [9.17, 15) is 18.0 Å². The molecule has 0 atom stereocenters. The van der Waals surface area contributed by atoms with Crippen LogP contribution in [0.3, 0.4) is 0 Å². The van der Waals surface area contributed by atoms with Gasteiger partial charge in [-0.15, -0.1) is 0 Å². The minimum absolute atomic E-state index is 0.0615. The molecule has 9 nitrogen and oxygen atoms in total. The maximum absolute atomic E-state index is 13.0. The molecule has 0 N–H and O–H groups in total. The van der Waals surface area contributed by atoms with E-state index in [4.69, 9.17) is 21.1 Å². The summed E-state index contributed by atoms with van der Waals surface area (Å²) in [4.78, 5) is 30.6. The van der Waals surface area contributed by atoms with Gasteiger partial charge in [-0.25, -0.2) is 18.2 Å². The van der Waals surface area contributed by atoms with Crippen LogP contribution in [0.1, 0.15) is 36.8 Å². The zero-order valence-electron chi connectivity index (χ0n) is 18.9. The van der Waals surface area contributed by atoms with E-state index in [1.165, 1.54) is 52.7 Å². The number of amides is 1. The molecule has 33 heavy (non-hydrogen) atoms. The van der Waals surface area contributed by atoms with Gasteiger partial charge in [0.25, 0.3) is 0 Å². The fourth-order valence-electron chi connectivity index (χ4n) is 3.21. The Morgan fingerprint density at radius 3 is 2.15 bits per heavy atom. The number of aromatic nitrogens is 1. The number of piperazine rings is 1. The van der Waals surface area contributed by atoms with Crippen LogP contribution in [0.25, 0.3) is 0 Å². The number of carbonyl (C=O) groups is 2. The molecule has 0 saturated carbocycles. The molecular formula is C22H26ClN3O6S. The number of hydrogen-bond donors (Lipinski definition) is 0. The third-order valence-corrected chi connectivity index (χ3v) is 7.08. The maximum atomic E-state index is 13.0. The summed E-state index contributed by atoms with van der Waals surface area (Å²) in [7, 11) is -2.38. The average Bonchev–Trinajstić information content (AvgIpc) is 2.78. The van der Waals surface area contributed by atoms with Crippen molar-refractivity contribution in [3.8, 4) is 5.88 Å². The Kier molecular flexibility index (Phi) is 7.30. The number of hydrogen-bond acceptors (Lipinski definition) is 7. The van der Waals surface area contributed by atoms with E-state index in [-0.39, 0.29) is 59.0 Å². The van der Waals surface area contributed by atoms with Crippen molar-refractivity contribution in [2.24, 2.45) is 0 Å².